The van der Waals surface area contributed by atoms with E-state index in [0.29, 0.717) is 5.92 Å². The van der Waals surface area contributed by atoms with Gasteiger partial charge < -0.3 is 5.11 Å². The number of aryl methyl sites for hydroxylation is 1. The predicted molar refractivity (Wildman–Crippen MR) is 56.1 cm³/mol. The van der Waals surface area contributed by atoms with Crippen LogP contribution in [-0.2, 0) is 12.8 Å². The van der Waals surface area contributed by atoms with Crippen LogP contribution in [0.25, 0.3) is 0 Å². The van der Waals surface area contributed by atoms with E-state index < -0.39 is 0 Å². The SMILES string of the molecule is CC(C)Cc1csc(CCCO)n1. The second-order valence-electron chi connectivity index (χ2n) is 3.66. The van der Waals surface area contributed by atoms with Crippen molar-refractivity contribution in [3.8, 4) is 0 Å². The van der Waals surface area contributed by atoms with Crippen LogP contribution in [0.4, 0.5) is 0 Å². The minimum Gasteiger partial charge on any atom is -0.396 e. The van der Waals surface area contributed by atoms with Gasteiger partial charge >= 0.3 is 0 Å². The summed E-state index contributed by atoms with van der Waals surface area (Å²) >= 11 is 1.71. The molecule has 0 saturated heterocycles. The maximum atomic E-state index is 8.66. The highest BCUT2D eigenvalue weighted by atomic mass is 32.1. The van der Waals surface area contributed by atoms with Crippen LogP contribution in [0.1, 0.15) is 31.0 Å². The Morgan fingerprint density at radius 1 is 1.54 bits per heavy atom. The molecule has 1 heterocycles. The minimum atomic E-state index is 0.263. The molecule has 1 aromatic heterocycles. The van der Waals surface area contributed by atoms with Crippen molar-refractivity contribution in [2.45, 2.75) is 33.1 Å². The van der Waals surface area contributed by atoms with Gasteiger partial charge in [0.05, 0.1) is 10.7 Å². The van der Waals surface area contributed by atoms with Crippen LogP contribution in [0.3, 0.4) is 0 Å². The molecule has 0 unspecified atom stereocenters. The van der Waals surface area contributed by atoms with E-state index in [1.165, 1.54) is 5.69 Å². The van der Waals surface area contributed by atoms with E-state index in [1.54, 1.807) is 11.3 Å². The molecule has 0 saturated carbocycles. The zero-order valence-corrected chi connectivity index (χ0v) is 9.10. The molecule has 0 aliphatic carbocycles. The summed E-state index contributed by atoms with van der Waals surface area (Å²) in [5, 5.41) is 11.9. The van der Waals surface area contributed by atoms with Crippen molar-refractivity contribution < 1.29 is 5.11 Å². The molecule has 0 aliphatic rings. The fourth-order valence-corrected chi connectivity index (χ4v) is 2.06. The first-order valence-electron chi connectivity index (χ1n) is 4.76. The molecule has 1 rings (SSSR count). The number of aromatic nitrogens is 1. The van der Waals surface area contributed by atoms with Gasteiger partial charge in [-0.15, -0.1) is 11.3 Å². The van der Waals surface area contributed by atoms with Crippen molar-refractivity contribution in [2.75, 3.05) is 6.61 Å². The Morgan fingerprint density at radius 2 is 2.31 bits per heavy atom. The van der Waals surface area contributed by atoms with Gasteiger partial charge in [-0.25, -0.2) is 4.98 Å². The second kappa shape index (κ2) is 5.35. The Labute approximate surface area is 83.6 Å². The van der Waals surface area contributed by atoms with Crippen molar-refractivity contribution in [1.82, 2.24) is 4.98 Å². The molecule has 1 aromatic rings. The van der Waals surface area contributed by atoms with E-state index in [9.17, 15) is 0 Å². The third kappa shape index (κ3) is 3.87. The molecule has 0 radical (unpaired) electrons. The molecule has 0 bridgehead atoms. The van der Waals surface area contributed by atoms with Crippen LogP contribution in [0.2, 0.25) is 0 Å². The summed E-state index contributed by atoms with van der Waals surface area (Å²) in [5.74, 6) is 0.674. The van der Waals surface area contributed by atoms with Crippen molar-refractivity contribution in [2.24, 2.45) is 5.92 Å². The summed E-state index contributed by atoms with van der Waals surface area (Å²) in [5.41, 5.74) is 1.20. The molecular weight excluding hydrogens is 182 g/mol. The summed E-state index contributed by atoms with van der Waals surface area (Å²) < 4.78 is 0. The van der Waals surface area contributed by atoms with Crippen molar-refractivity contribution in [3.63, 3.8) is 0 Å². The number of rotatable bonds is 5. The number of thiazole rings is 1. The van der Waals surface area contributed by atoms with Gasteiger partial charge in [-0.1, -0.05) is 13.8 Å². The van der Waals surface area contributed by atoms with Gasteiger partial charge in [-0.2, -0.15) is 0 Å². The zero-order chi connectivity index (χ0) is 9.68. The van der Waals surface area contributed by atoms with Crippen LogP contribution in [0, 0.1) is 5.92 Å². The standard InChI is InChI=1S/C10H17NOS/c1-8(2)6-9-7-13-10(11-9)4-3-5-12/h7-8,12H,3-6H2,1-2H3. The lowest BCUT2D eigenvalue weighted by Gasteiger charge is -1.98. The second-order valence-corrected chi connectivity index (χ2v) is 4.60. The highest BCUT2D eigenvalue weighted by Gasteiger charge is 2.03. The average molecular weight is 199 g/mol. The molecule has 0 fully saturated rings. The van der Waals surface area contributed by atoms with Crippen molar-refractivity contribution >= 4 is 11.3 Å². The smallest absolute Gasteiger partial charge is 0.0929 e. The topological polar surface area (TPSA) is 33.1 Å². The number of aliphatic hydroxyl groups is 1. The first-order chi connectivity index (χ1) is 6.22. The summed E-state index contributed by atoms with van der Waals surface area (Å²) in [7, 11) is 0. The van der Waals surface area contributed by atoms with Gasteiger partial charge in [0.1, 0.15) is 0 Å². The number of nitrogens with zero attached hydrogens (tertiary/aromatic N) is 1. The molecule has 0 aliphatic heterocycles. The van der Waals surface area contributed by atoms with E-state index >= 15 is 0 Å². The van der Waals surface area contributed by atoms with Crippen LogP contribution >= 0.6 is 11.3 Å². The Bertz CT molecular complexity index is 245. The van der Waals surface area contributed by atoms with E-state index in [0.717, 1.165) is 24.3 Å². The molecule has 74 valence electrons. The lowest BCUT2D eigenvalue weighted by molar-refractivity contribution is 0.288. The van der Waals surface area contributed by atoms with E-state index in [1.807, 2.05) is 0 Å². The predicted octanol–water partition coefficient (Wildman–Crippen LogP) is 2.27. The summed E-state index contributed by atoms with van der Waals surface area (Å²) in [6.45, 7) is 4.67. The molecule has 3 heteroatoms. The van der Waals surface area contributed by atoms with Gasteiger partial charge in [-0.05, 0) is 18.8 Å². The number of aliphatic hydroxyl groups excluding tert-OH is 1. The van der Waals surface area contributed by atoms with E-state index in [2.05, 4.69) is 24.2 Å². The highest BCUT2D eigenvalue weighted by Crippen LogP contribution is 2.14. The van der Waals surface area contributed by atoms with Crippen LogP contribution in [-0.4, -0.2) is 16.7 Å². The van der Waals surface area contributed by atoms with Gasteiger partial charge in [0.15, 0.2) is 0 Å². The van der Waals surface area contributed by atoms with Crippen LogP contribution in [0.5, 0.6) is 0 Å². The molecule has 13 heavy (non-hydrogen) atoms. The average Bonchev–Trinajstić information content (AvgIpc) is 2.48. The molecule has 0 spiro atoms. The summed E-state index contributed by atoms with van der Waals surface area (Å²) in [6, 6.07) is 0. The Hall–Kier alpha value is -0.410. The largest absolute Gasteiger partial charge is 0.396 e. The Morgan fingerprint density at radius 3 is 2.92 bits per heavy atom. The zero-order valence-electron chi connectivity index (χ0n) is 8.29. The highest BCUT2D eigenvalue weighted by molar-refractivity contribution is 7.09. The minimum absolute atomic E-state index is 0.263. The normalized spacial score (nSPS) is 11.1. The lowest BCUT2D eigenvalue weighted by Crippen LogP contribution is -1.95. The molecule has 1 N–H and O–H groups in total. The molecule has 0 aromatic carbocycles. The quantitative estimate of drug-likeness (QED) is 0.789. The van der Waals surface area contributed by atoms with Gasteiger partial charge in [-0.3, -0.25) is 0 Å². The summed E-state index contributed by atoms with van der Waals surface area (Å²) in [6.07, 6.45) is 2.81. The maximum absolute atomic E-state index is 8.66. The monoisotopic (exact) mass is 199 g/mol. The fraction of sp³-hybridized carbons (Fsp3) is 0.700. The fourth-order valence-electron chi connectivity index (χ4n) is 1.21. The van der Waals surface area contributed by atoms with Crippen LogP contribution < -0.4 is 0 Å². The summed E-state index contributed by atoms with van der Waals surface area (Å²) in [4.78, 5) is 4.50. The van der Waals surface area contributed by atoms with E-state index in [-0.39, 0.29) is 6.61 Å². The first kappa shape index (κ1) is 10.7. The lowest BCUT2D eigenvalue weighted by atomic mass is 10.1. The van der Waals surface area contributed by atoms with Gasteiger partial charge in [0, 0.05) is 18.4 Å². The molecule has 2 nitrogen and oxygen atoms in total. The van der Waals surface area contributed by atoms with Crippen molar-refractivity contribution in [3.05, 3.63) is 16.1 Å². The first-order valence-corrected chi connectivity index (χ1v) is 5.64. The Kier molecular flexibility index (Phi) is 4.39. The molecule has 0 amide bonds. The number of hydrogen-bond acceptors (Lipinski definition) is 3. The molecule has 0 atom stereocenters. The van der Waals surface area contributed by atoms with Crippen molar-refractivity contribution in [1.29, 1.82) is 0 Å². The molecular formula is C10H17NOS. The van der Waals surface area contributed by atoms with E-state index in [4.69, 9.17) is 5.11 Å². The third-order valence-electron chi connectivity index (χ3n) is 1.77. The van der Waals surface area contributed by atoms with Gasteiger partial charge in [0.25, 0.3) is 0 Å². The van der Waals surface area contributed by atoms with Crippen LogP contribution in [0.15, 0.2) is 5.38 Å². The third-order valence-corrected chi connectivity index (χ3v) is 2.72. The number of hydrogen-bond donors (Lipinski definition) is 1. The van der Waals surface area contributed by atoms with Gasteiger partial charge in [0.2, 0.25) is 0 Å². The Balaban J connectivity index is 2.44. The maximum Gasteiger partial charge on any atom is 0.0929 e.